The molecule has 0 radical (unpaired) electrons. The molecular weight excluding hydrogens is 162 g/mol. The number of halogens is 6. The summed E-state index contributed by atoms with van der Waals surface area (Å²) < 4.78 is 61.5. The van der Waals surface area contributed by atoms with Crippen molar-refractivity contribution in [3.05, 3.63) is 24.8 Å². The topological polar surface area (TPSA) is 0 Å². The van der Waals surface area contributed by atoms with Crippen LogP contribution >= 0.6 is 0 Å². The van der Waals surface area contributed by atoms with Gasteiger partial charge < -0.3 is 0 Å². The van der Waals surface area contributed by atoms with Crippen LogP contribution in [-0.2, 0) is 0 Å². The molecule has 0 heterocycles. The van der Waals surface area contributed by atoms with E-state index in [1.165, 1.54) is 0 Å². The summed E-state index contributed by atoms with van der Waals surface area (Å²) in [7, 11) is 0. The normalized spacial score (nSPS) is 8.60. The highest BCUT2D eigenvalue weighted by molar-refractivity contribution is 4.77. The summed E-state index contributed by atoms with van der Waals surface area (Å²) in [5.74, 6) is 0. The molecule has 60 valence electrons. The zero-order valence-electron chi connectivity index (χ0n) is 4.42. The third kappa shape index (κ3) is 15.7. The van der Waals surface area contributed by atoms with Crippen LogP contribution in [0.4, 0.5) is 26.3 Å². The molecule has 0 aromatic heterocycles. The summed E-state index contributed by atoms with van der Waals surface area (Å²) in [5, 5.41) is 0. The second-order valence-corrected chi connectivity index (χ2v) is 0.773. The van der Waals surface area contributed by atoms with Gasteiger partial charge in [0.05, 0.1) is 0 Å². The molecule has 0 spiro atoms. The fraction of sp³-hybridized carbons (Fsp3) is 0. The molecule has 0 aromatic rings. The molecule has 0 unspecified atom stereocenters. The van der Waals surface area contributed by atoms with Crippen molar-refractivity contribution in [2.45, 2.75) is 0 Å². The Kier molecular flexibility index (Phi) is 9.52. The summed E-state index contributed by atoms with van der Waals surface area (Å²) >= 11 is 0. The van der Waals surface area contributed by atoms with E-state index in [1.54, 1.807) is 0 Å². The van der Waals surface area contributed by atoms with Crippen molar-refractivity contribution >= 4 is 0 Å². The van der Waals surface area contributed by atoms with Crippen molar-refractivity contribution in [3.63, 3.8) is 0 Å². The van der Waals surface area contributed by atoms with E-state index < -0.39 is 12.2 Å². The zero-order valence-corrected chi connectivity index (χ0v) is 4.42. The van der Waals surface area contributed by atoms with Gasteiger partial charge in [-0.1, -0.05) is 0 Å². The van der Waals surface area contributed by atoms with Crippen molar-refractivity contribution in [2.24, 2.45) is 0 Å². The molecule has 0 aromatic carbocycles. The van der Waals surface area contributed by atoms with Crippen LogP contribution in [0.5, 0.6) is 0 Å². The first-order chi connectivity index (χ1) is 4.56. The van der Waals surface area contributed by atoms with Gasteiger partial charge in [0.15, 0.2) is 0 Å². The Labute approximate surface area is 52.5 Å². The lowest BCUT2D eigenvalue weighted by atomic mass is 11.1. The Morgan fingerprint density at radius 2 is 0.900 bits per heavy atom. The monoisotopic (exact) mass is 164 g/mol. The Balaban J connectivity index is 0. The van der Waals surface area contributed by atoms with Crippen LogP contribution in [0, 0.1) is 0 Å². The molecule has 6 heteroatoms. The van der Waals surface area contributed by atoms with Crippen LogP contribution in [0.3, 0.4) is 0 Å². The van der Waals surface area contributed by atoms with Gasteiger partial charge in [-0.15, -0.1) is 0 Å². The maximum atomic E-state index is 10.3. The molecule has 0 aliphatic heterocycles. The molecule has 0 fully saturated rings. The molecule has 0 rings (SSSR count). The van der Waals surface area contributed by atoms with Gasteiger partial charge in [0.1, 0.15) is 12.7 Å². The van der Waals surface area contributed by atoms with Gasteiger partial charge in [-0.3, -0.25) is 0 Å². The zero-order chi connectivity index (χ0) is 8.57. The summed E-state index contributed by atoms with van der Waals surface area (Å²) in [5.41, 5.74) is 0. The van der Waals surface area contributed by atoms with E-state index in [4.69, 9.17) is 0 Å². The molecule has 0 aliphatic carbocycles. The van der Waals surface area contributed by atoms with E-state index in [-0.39, 0.29) is 12.7 Å². The number of rotatable bonds is 0. The maximum Gasteiger partial charge on any atom is 0.334 e. The second-order valence-electron chi connectivity index (χ2n) is 0.773. The van der Waals surface area contributed by atoms with Gasteiger partial charge in [0.25, 0.3) is 0 Å². The van der Waals surface area contributed by atoms with Crippen molar-refractivity contribution in [1.82, 2.24) is 0 Å². The van der Waals surface area contributed by atoms with Gasteiger partial charge in [-0.2, -0.15) is 17.6 Å². The van der Waals surface area contributed by atoms with Gasteiger partial charge >= 0.3 is 12.2 Å². The molecule has 0 saturated heterocycles. The van der Waals surface area contributed by atoms with E-state index >= 15 is 0 Å². The predicted octanol–water partition coefficient (Wildman–Crippen LogP) is 3.39. The highest BCUT2D eigenvalue weighted by atomic mass is 19.3. The summed E-state index contributed by atoms with van der Waals surface area (Å²) in [6, 6.07) is 0. The molecule has 10 heavy (non-hydrogen) atoms. The predicted molar refractivity (Wildman–Crippen MR) is 22.8 cm³/mol. The van der Waals surface area contributed by atoms with E-state index in [0.717, 1.165) is 0 Å². The Hall–Kier alpha value is -0.940. The highest BCUT2D eigenvalue weighted by Gasteiger charge is 1.98. The van der Waals surface area contributed by atoms with Crippen LogP contribution in [0.25, 0.3) is 0 Å². The van der Waals surface area contributed by atoms with E-state index in [9.17, 15) is 26.3 Å². The van der Waals surface area contributed by atoms with Crippen molar-refractivity contribution < 1.29 is 26.3 Å². The summed E-state index contributed by atoms with van der Waals surface area (Å²) in [6.07, 6.45) is -6.15. The molecule has 0 saturated carbocycles. The van der Waals surface area contributed by atoms with Gasteiger partial charge in [-0.05, 0) is 0 Å². The van der Waals surface area contributed by atoms with Crippen LogP contribution in [0.1, 0.15) is 0 Å². The molecule has 0 amide bonds. The van der Waals surface area contributed by atoms with Gasteiger partial charge in [-0.25, -0.2) is 8.78 Å². The fourth-order valence-electron chi connectivity index (χ4n) is 0. The van der Waals surface area contributed by atoms with Gasteiger partial charge in [0, 0.05) is 0 Å². The van der Waals surface area contributed by atoms with Crippen molar-refractivity contribution in [1.29, 1.82) is 0 Å². The van der Waals surface area contributed by atoms with Crippen molar-refractivity contribution in [2.75, 3.05) is 0 Å². The number of hydrogen-bond acceptors (Lipinski definition) is 0. The fourth-order valence-corrected chi connectivity index (χ4v) is 0. The standard InChI is InChI=1S/C2F4.C2H2F2/c3-1(4)2(5)6;3-1-2-4/h;1-2H. The average molecular weight is 164 g/mol. The largest absolute Gasteiger partial charge is 0.334 e. The lowest BCUT2D eigenvalue weighted by Gasteiger charge is -1.69. The molecule has 0 atom stereocenters. The molecule has 0 N–H and O–H groups in total. The minimum absolute atomic E-state index is 0.167. The Morgan fingerprint density at radius 1 is 0.700 bits per heavy atom. The molecule has 0 aliphatic rings. The second kappa shape index (κ2) is 8.06. The number of hydrogen-bond donors (Lipinski definition) is 0. The summed E-state index contributed by atoms with van der Waals surface area (Å²) in [6.45, 7) is 0. The quantitative estimate of drug-likeness (QED) is 0.481. The SMILES string of the molecule is FC(F)=C(F)F.FC=CF. The first-order valence-corrected chi connectivity index (χ1v) is 1.78. The van der Waals surface area contributed by atoms with Crippen LogP contribution in [0.15, 0.2) is 24.8 Å². The van der Waals surface area contributed by atoms with Crippen LogP contribution in [-0.4, -0.2) is 0 Å². The Bertz CT molecular complexity index is 104. The molecule has 0 nitrogen and oxygen atoms in total. The van der Waals surface area contributed by atoms with Crippen LogP contribution in [0.2, 0.25) is 0 Å². The minimum atomic E-state index is -2.91. The molecule has 0 bridgehead atoms. The Morgan fingerprint density at radius 3 is 0.900 bits per heavy atom. The third-order valence-electron chi connectivity index (χ3n) is 0.190. The lowest BCUT2D eigenvalue weighted by molar-refractivity contribution is 0.308. The minimum Gasteiger partial charge on any atom is -0.213 e. The third-order valence-corrected chi connectivity index (χ3v) is 0.190. The van der Waals surface area contributed by atoms with E-state index in [1.807, 2.05) is 0 Å². The summed E-state index contributed by atoms with van der Waals surface area (Å²) in [4.78, 5) is 0. The molecular formula is C4H2F6. The van der Waals surface area contributed by atoms with Crippen molar-refractivity contribution in [3.8, 4) is 0 Å². The van der Waals surface area contributed by atoms with Gasteiger partial charge in [0.2, 0.25) is 0 Å². The lowest BCUT2D eigenvalue weighted by Crippen LogP contribution is -1.56. The van der Waals surface area contributed by atoms with E-state index in [2.05, 4.69) is 0 Å². The first kappa shape index (κ1) is 11.8. The highest BCUT2D eigenvalue weighted by Crippen LogP contribution is 2.08. The maximum absolute atomic E-state index is 10.3. The average Bonchev–Trinajstić information content (AvgIpc) is 1.89. The smallest absolute Gasteiger partial charge is 0.213 e. The van der Waals surface area contributed by atoms with Crippen LogP contribution < -0.4 is 0 Å². The van der Waals surface area contributed by atoms with E-state index in [0.29, 0.717) is 0 Å². The first-order valence-electron chi connectivity index (χ1n) is 1.78.